The van der Waals surface area contributed by atoms with Crippen molar-refractivity contribution in [3.8, 4) is 11.5 Å². The molecule has 0 aliphatic carbocycles. The fourth-order valence-corrected chi connectivity index (χ4v) is 3.21. The Hall–Kier alpha value is -3.06. The van der Waals surface area contributed by atoms with E-state index in [0.29, 0.717) is 6.61 Å². The Morgan fingerprint density at radius 3 is 2.17 bits per heavy atom. The smallest absolute Gasteiger partial charge is 0.414 e. The fraction of sp³-hybridized carbons (Fsp3) is 0.391. The lowest BCUT2D eigenvalue weighted by Crippen LogP contribution is -2.21. The molecule has 2 aromatic rings. The van der Waals surface area contributed by atoms with E-state index in [2.05, 4.69) is 41.3 Å². The Balaban J connectivity index is 0.000000469. The average Bonchev–Trinajstić information content (AvgIpc) is 3.27. The van der Waals surface area contributed by atoms with Crippen molar-refractivity contribution in [2.75, 3.05) is 33.4 Å². The second kappa shape index (κ2) is 12.5. The summed E-state index contributed by atoms with van der Waals surface area (Å²) in [4.78, 5) is 20.7. The van der Waals surface area contributed by atoms with Gasteiger partial charge in [-0.25, -0.2) is 9.59 Å². The number of carboxylic acid groups (broad SMARTS) is 2. The molecule has 162 valence electrons. The maximum absolute atomic E-state index is 9.10. The molecule has 1 saturated heterocycles. The van der Waals surface area contributed by atoms with Crippen molar-refractivity contribution in [3.05, 3.63) is 59.7 Å². The first-order valence-corrected chi connectivity index (χ1v) is 10.0. The second-order valence-corrected chi connectivity index (χ2v) is 6.98. The van der Waals surface area contributed by atoms with Gasteiger partial charge in [0.1, 0.15) is 0 Å². The average molecular weight is 415 g/mol. The molecule has 2 N–H and O–H groups in total. The molecule has 0 bridgehead atoms. The first kappa shape index (κ1) is 23.2. The predicted molar refractivity (Wildman–Crippen MR) is 113 cm³/mol. The maximum Gasteiger partial charge on any atom is 0.414 e. The molecular weight excluding hydrogens is 386 g/mol. The van der Waals surface area contributed by atoms with E-state index >= 15 is 0 Å². The highest BCUT2D eigenvalue weighted by Crippen LogP contribution is 2.28. The Labute approximate surface area is 176 Å². The number of rotatable bonds is 8. The summed E-state index contributed by atoms with van der Waals surface area (Å²) in [6.45, 7) is 4.29. The largest absolute Gasteiger partial charge is 0.493 e. The van der Waals surface area contributed by atoms with E-state index in [4.69, 9.17) is 29.3 Å². The minimum atomic E-state index is -1.82. The number of carbonyl (C=O) groups is 2. The third kappa shape index (κ3) is 8.13. The van der Waals surface area contributed by atoms with E-state index in [0.717, 1.165) is 30.9 Å². The van der Waals surface area contributed by atoms with Crippen LogP contribution in [0.3, 0.4) is 0 Å². The fourth-order valence-electron chi connectivity index (χ4n) is 3.21. The third-order valence-corrected chi connectivity index (χ3v) is 4.82. The standard InChI is InChI=1S/C21H27NO2.C2H2O4/c1-23-20-10-9-19(11-15-22-13-5-6-14-22)17-21(20)24-16-12-18-7-3-2-4-8-18;3-1(4)2(5)6/h2-4,7-10,17H,5-6,11-16H2,1H3;(H,3,4)(H,5,6). The molecule has 2 aromatic carbocycles. The SMILES string of the molecule is COc1ccc(CCN2CCCC2)cc1OCCc1ccccc1.O=C(O)C(=O)O. The van der Waals surface area contributed by atoms with Crippen LogP contribution in [0.2, 0.25) is 0 Å². The van der Waals surface area contributed by atoms with Gasteiger partial charge < -0.3 is 24.6 Å². The summed E-state index contributed by atoms with van der Waals surface area (Å²) in [5.41, 5.74) is 2.61. The van der Waals surface area contributed by atoms with Crippen molar-refractivity contribution in [3.63, 3.8) is 0 Å². The molecule has 7 heteroatoms. The number of methoxy groups -OCH3 is 1. The van der Waals surface area contributed by atoms with E-state index in [1.165, 1.54) is 37.1 Å². The van der Waals surface area contributed by atoms with Gasteiger partial charge >= 0.3 is 11.9 Å². The molecule has 0 amide bonds. The lowest BCUT2D eigenvalue weighted by atomic mass is 10.1. The zero-order valence-corrected chi connectivity index (χ0v) is 17.3. The Bertz CT molecular complexity index is 791. The number of carboxylic acids is 2. The zero-order chi connectivity index (χ0) is 21.8. The van der Waals surface area contributed by atoms with Crippen molar-refractivity contribution in [1.29, 1.82) is 0 Å². The molecule has 0 saturated carbocycles. The molecule has 0 radical (unpaired) electrons. The van der Waals surface area contributed by atoms with E-state index < -0.39 is 11.9 Å². The van der Waals surface area contributed by atoms with Crippen molar-refractivity contribution >= 4 is 11.9 Å². The molecule has 7 nitrogen and oxygen atoms in total. The second-order valence-electron chi connectivity index (χ2n) is 6.98. The normalized spacial score (nSPS) is 13.2. The summed E-state index contributed by atoms with van der Waals surface area (Å²) in [6, 6.07) is 16.7. The van der Waals surface area contributed by atoms with Gasteiger partial charge in [0.05, 0.1) is 13.7 Å². The van der Waals surface area contributed by atoms with Gasteiger partial charge in [0.15, 0.2) is 11.5 Å². The maximum atomic E-state index is 9.10. The van der Waals surface area contributed by atoms with Gasteiger partial charge in [0.25, 0.3) is 0 Å². The van der Waals surface area contributed by atoms with Crippen LogP contribution in [0.4, 0.5) is 0 Å². The summed E-state index contributed by atoms with van der Waals surface area (Å²) < 4.78 is 11.5. The van der Waals surface area contributed by atoms with E-state index in [9.17, 15) is 0 Å². The number of hydrogen-bond donors (Lipinski definition) is 2. The number of benzene rings is 2. The minimum Gasteiger partial charge on any atom is -0.493 e. The van der Waals surface area contributed by atoms with Crippen molar-refractivity contribution in [2.45, 2.75) is 25.7 Å². The van der Waals surface area contributed by atoms with Crippen LogP contribution in [0.15, 0.2) is 48.5 Å². The highest BCUT2D eigenvalue weighted by Gasteiger charge is 2.12. The Morgan fingerprint density at radius 2 is 1.57 bits per heavy atom. The van der Waals surface area contributed by atoms with Crippen LogP contribution in [0, 0.1) is 0 Å². The molecule has 1 heterocycles. The molecule has 30 heavy (non-hydrogen) atoms. The van der Waals surface area contributed by atoms with Gasteiger partial charge in [0.2, 0.25) is 0 Å². The van der Waals surface area contributed by atoms with E-state index in [1.807, 2.05) is 12.1 Å². The summed E-state index contributed by atoms with van der Waals surface area (Å²) >= 11 is 0. The zero-order valence-electron chi connectivity index (χ0n) is 17.3. The van der Waals surface area contributed by atoms with Gasteiger partial charge in [-0.2, -0.15) is 0 Å². The third-order valence-electron chi connectivity index (χ3n) is 4.82. The molecule has 0 atom stereocenters. The quantitative estimate of drug-likeness (QED) is 0.640. The van der Waals surface area contributed by atoms with Crippen LogP contribution in [0.5, 0.6) is 11.5 Å². The van der Waals surface area contributed by atoms with Gasteiger partial charge in [-0.1, -0.05) is 36.4 Å². The number of hydrogen-bond acceptors (Lipinski definition) is 5. The number of aliphatic carboxylic acids is 2. The van der Waals surface area contributed by atoms with Crippen LogP contribution < -0.4 is 9.47 Å². The summed E-state index contributed by atoms with van der Waals surface area (Å²) in [5.74, 6) is -1.98. The van der Waals surface area contributed by atoms with Crippen molar-refractivity contribution in [1.82, 2.24) is 4.90 Å². The number of ether oxygens (including phenoxy) is 2. The Morgan fingerprint density at radius 1 is 0.900 bits per heavy atom. The topological polar surface area (TPSA) is 96.3 Å². The van der Waals surface area contributed by atoms with Gasteiger partial charge in [-0.15, -0.1) is 0 Å². The van der Waals surface area contributed by atoms with Crippen LogP contribution >= 0.6 is 0 Å². The highest BCUT2D eigenvalue weighted by atomic mass is 16.5. The lowest BCUT2D eigenvalue weighted by Gasteiger charge is -2.16. The van der Waals surface area contributed by atoms with Crippen LogP contribution in [-0.4, -0.2) is 60.4 Å². The van der Waals surface area contributed by atoms with E-state index in [1.54, 1.807) is 7.11 Å². The van der Waals surface area contributed by atoms with Crippen molar-refractivity contribution < 1.29 is 29.3 Å². The molecule has 1 aliphatic rings. The first-order chi connectivity index (χ1) is 14.5. The minimum absolute atomic E-state index is 0.663. The van der Waals surface area contributed by atoms with Crippen molar-refractivity contribution in [2.24, 2.45) is 0 Å². The Kier molecular flexibility index (Phi) is 9.67. The molecule has 0 unspecified atom stereocenters. The molecule has 1 aliphatic heterocycles. The summed E-state index contributed by atoms with van der Waals surface area (Å²) in [5, 5.41) is 14.8. The number of likely N-dealkylation sites (tertiary alicyclic amines) is 1. The first-order valence-electron chi connectivity index (χ1n) is 10.0. The van der Waals surface area contributed by atoms with Gasteiger partial charge in [-0.3, -0.25) is 0 Å². The molecule has 3 rings (SSSR count). The molecule has 0 aromatic heterocycles. The van der Waals surface area contributed by atoms with Crippen LogP contribution in [0.25, 0.3) is 0 Å². The summed E-state index contributed by atoms with van der Waals surface area (Å²) in [6.07, 6.45) is 4.66. The van der Waals surface area contributed by atoms with E-state index in [-0.39, 0.29) is 0 Å². The van der Waals surface area contributed by atoms with Gasteiger partial charge in [-0.05, 0) is 55.6 Å². The van der Waals surface area contributed by atoms with Crippen LogP contribution in [0.1, 0.15) is 24.0 Å². The van der Waals surface area contributed by atoms with Crippen LogP contribution in [-0.2, 0) is 22.4 Å². The van der Waals surface area contributed by atoms with Gasteiger partial charge in [0, 0.05) is 13.0 Å². The number of nitrogens with zero attached hydrogens (tertiary/aromatic N) is 1. The lowest BCUT2D eigenvalue weighted by molar-refractivity contribution is -0.159. The molecule has 1 fully saturated rings. The summed E-state index contributed by atoms with van der Waals surface area (Å²) in [7, 11) is 1.70. The monoisotopic (exact) mass is 415 g/mol. The molecule has 0 spiro atoms. The molecular formula is C23H29NO6. The predicted octanol–water partition coefficient (Wildman–Crippen LogP) is 3.11. The highest BCUT2D eigenvalue weighted by molar-refractivity contribution is 6.27.